The van der Waals surface area contributed by atoms with Gasteiger partial charge in [-0.3, -0.25) is 4.79 Å². The van der Waals surface area contributed by atoms with Crippen molar-refractivity contribution in [2.24, 2.45) is 11.1 Å². The van der Waals surface area contributed by atoms with Crippen molar-refractivity contribution < 1.29 is 13.2 Å². The average molecular weight is 268 g/mol. The number of anilines is 1. The first kappa shape index (κ1) is 13.0. The third-order valence-electron chi connectivity index (χ3n) is 3.17. The molecule has 0 spiro atoms. The molecule has 5 nitrogen and oxygen atoms in total. The maximum absolute atomic E-state index is 11.7. The second-order valence-electron chi connectivity index (χ2n) is 4.59. The first-order chi connectivity index (χ1) is 8.47. The zero-order valence-corrected chi connectivity index (χ0v) is 10.7. The fourth-order valence-corrected chi connectivity index (χ4v) is 2.67. The Labute approximate surface area is 106 Å². The molecule has 98 valence electrons. The molecule has 0 aromatic heterocycles. The van der Waals surface area contributed by atoms with Crippen molar-refractivity contribution in [1.82, 2.24) is 0 Å². The minimum atomic E-state index is -3.81. The highest BCUT2D eigenvalue weighted by Gasteiger charge is 2.22. The Bertz CT molecular complexity index is 550. The van der Waals surface area contributed by atoms with Crippen LogP contribution < -0.4 is 10.5 Å². The van der Waals surface area contributed by atoms with Gasteiger partial charge in [0.15, 0.2) is 0 Å². The number of benzene rings is 1. The van der Waals surface area contributed by atoms with Gasteiger partial charge in [-0.2, -0.15) is 0 Å². The monoisotopic (exact) mass is 268 g/mol. The summed E-state index contributed by atoms with van der Waals surface area (Å²) in [5.74, 6) is 0.280. The largest absolute Gasteiger partial charge is 0.325 e. The van der Waals surface area contributed by atoms with E-state index in [4.69, 9.17) is 5.14 Å². The van der Waals surface area contributed by atoms with Crippen LogP contribution in [0.15, 0.2) is 29.2 Å². The summed E-state index contributed by atoms with van der Waals surface area (Å²) < 4.78 is 22.7. The van der Waals surface area contributed by atoms with Gasteiger partial charge in [0.25, 0.3) is 0 Å². The average Bonchev–Trinajstić information content (AvgIpc) is 2.23. The second kappa shape index (κ2) is 5.07. The van der Waals surface area contributed by atoms with Crippen molar-refractivity contribution >= 4 is 21.6 Å². The van der Waals surface area contributed by atoms with Crippen LogP contribution in [0.4, 0.5) is 5.69 Å². The van der Waals surface area contributed by atoms with E-state index in [-0.39, 0.29) is 16.5 Å². The number of hydrogen-bond acceptors (Lipinski definition) is 3. The van der Waals surface area contributed by atoms with Crippen LogP contribution >= 0.6 is 0 Å². The minimum Gasteiger partial charge on any atom is -0.325 e. The van der Waals surface area contributed by atoms with Gasteiger partial charge in [-0.05, 0) is 30.9 Å². The lowest BCUT2D eigenvalue weighted by molar-refractivity contribution is -0.117. The Morgan fingerprint density at radius 1 is 1.33 bits per heavy atom. The van der Waals surface area contributed by atoms with Gasteiger partial charge in [0.1, 0.15) is 4.90 Å². The van der Waals surface area contributed by atoms with Crippen molar-refractivity contribution in [1.29, 1.82) is 0 Å². The standard InChI is InChI=1S/C12H16N2O3S/c13-18(16,17)11-7-2-1-6-10(11)14-12(15)8-9-4-3-5-9/h1-2,6-7,9H,3-5,8H2,(H,14,15)(H2,13,16,17). The molecule has 0 saturated heterocycles. The molecule has 18 heavy (non-hydrogen) atoms. The lowest BCUT2D eigenvalue weighted by Crippen LogP contribution is -2.22. The zero-order chi connectivity index (χ0) is 13.2. The summed E-state index contributed by atoms with van der Waals surface area (Å²) in [4.78, 5) is 11.7. The molecule has 1 aromatic carbocycles. The molecule has 2 rings (SSSR count). The van der Waals surface area contributed by atoms with Gasteiger partial charge >= 0.3 is 0 Å². The molecule has 0 radical (unpaired) electrons. The summed E-state index contributed by atoms with van der Waals surface area (Å²) in [6, 6.07) is 6.15. The van der Waals surface area contributed by atoms with Crippen molar-refractivity contribution in [3.63, 3.8) is 0 Å². The van der Waals surface area contributed by atoms with E-state index in [0.29, 0.717) is 12.3 Å². The van der Waals surface area contributed by atoms with E-state index < -0.39 is 10.0 Å². The van der Waals surface area contributed by atoms with Crippen LogP contribution in [-0.2, 0) is 14.8 Å². The second-order valence-corrected chi connectivity index (χ2v) is 6.12. The fourth-order valence-electron chi connectivity index (χ4n) is 1.98. The summed E-state index contributed by atoms with van der Waals surface area (Å²) in [6.45, 7) is 0. The van der Waals surface area contributed by atoms with Crippen LogP contribution in [0.2, 0.25) is 0 Å². The molecule has 0 unspecified atom stereocenters. The molecular weight excluding hydrogens is 252 g/mol. The molecule has 1 aliphatic rings. The number of nitrogens with two attached hydrogens (primary N) is 1. The lowest BCUT2D eigenvalue weighted by Gasteiger charge is -2.24. The summed E-state index contributed by atoms with van der Waals surface area (Å²) in [7, 11) is -3.81. The number of rotatable bonds is 4. The Morgan fingerprint density at radius 3 is 2.56 bits per heavy atom. The Kier molecular flexibility index (Phi) is 3.68. The third-order valence-corrected chi connectivity index (χ3v) is 4.14. The Morgan fingerprint density at radius 2 is 2.00 bits per heavy atom. The molecule has 1 aliphatic carbocycles. The number of sulfonamides is 1. The van der Waals surface area contributed by atoms with Gasteiger partial charge in [-0.25, -0.2) is 13.6 Å². The van der Waals surface area contributed by atoms with E-state index in [1.807, 2.05) is 0 Å². The normalized spacial score (nSPS) is 16.1. The molecule has 0 aliphatic heterocycles. The lowest BCUT2D eigenvalue weighted by atomic mass is 9.83. The summed E-state index contributed by atoms with van der Waals surface area (Å²) in [6.07, 6.45) is 3.76. The van der Waals surface area contributed by atoms with Gasteiger partial charge in [0.2, 0.25) is 15.9 Å². The highest BCUT2D eigenvalue weighted by Crippen LogP contribution is 2.30. The number of primary sulfonamides is 1. The molecule has 6 heteroatoms. The zero-order valence-electron chi connectivity index (χ0n) is 9.93. The predicted octanol–water partition coefficient (Wildman–Crippen LogP) is 1.46. The van der Waals surface area contributed by atoms with Gasteiger partial charge in [-0.1, -0.05) is 18.6 Å². The Balaban J connectivity index is 2.11. The number of amides is 1. The molecule has 0 atom stereocenters. The molecule has 0 heterocycles. The summed E-state index contributed by atoms with van der Waals surface area (Å²) in [5, 5.41) is 7.71. The van der Waals surface area contributed by atoms with Crippen LogP contribution in [0.25, 0.3) is 0 Å². The van der Waals surface area contributed by atoms with Crippen LogP contribution in [0.5, 0.6) is 0 Å². The molecule has 1 amide bonds. The quantitative estimate of drug-likeness (QED) is 0.866. The van der Waals surface area contributed by atoms with E-state index in [1.165, 1.54) is 12.5 Å². The van der Waals surface area contributed by atoms with E-state index >= 15 is 0 Å². The van der Waals surface area contributed by atoms with E-state index in [2.05, 4.69) is 5.32 Å². The summed E-state index contributed by atoms with van der Waals surface area (Å²) in [5.41, 5.74) is 0.254. The fraction of sp³-hybridized carbons (Fsp3) is 0.417. The highest BCUT2D eigenvalue weighted by molar-refractivity contribution is 7.89. The number of hydrogen-bond donors (Lipinski definition) is 2. The van der Waals surface area contributed by atoms with Crippen LogP contribution in [0.3, 0.4) is 0 Å². The molecule has 1 aromatic rings. The van der Waals surface area contributed by atoms with Gasteiger partial charge < -0.3 is 5.32 Å². The van der Waals surface area contributed by atoms with Crippen molar-refractivity contribution in [3.8, 4) is 0 Å². The topological polar surface area (TPSA) is 89.3 Å². The SMILES string of the molecule is NS(=O)(=O)c1ccccc1NC(=O)CC1CCC1. The first-order valence-corrected chi connectivity index (χ1v) is 7.43. The van der Waals surface area contributed by atoms with E-state index in [1.54, 1.807) is 18.2 Å². The molecule has 3 N–H and O–H groups in total. The van der Waals surface area contributed by atoms with E-state index in [9.17, 15) is 13.2 Å². The molecular formula is C12H16N2O3S. The first-order valence-electron chi connectivity index (χ1n) is 5.88. The van der Waals surface area contributed by atoms with Gasteiger partial charge in [0, 0.05) is 6.42 Å². The van der Waals surface area contributed by atoms with Crippen molar-refractivity contribution in [2.75, 3.05) is 5.32 Å². The number of carbonyl (C=O) groups excluding carboxylic acids is 1. The van der Waals surface area contributed by atoms with Crippen LogP contribution in [0, 0.1) is 5.92 Å². The van der Waals surface area contributed by atoms with Gasteiger partial charge in [-0.15, -0.1) is 0 Å². The third kappa shape index (κ3) is 3.08. The van der Waals surface area contributed by atoms with Crippen molar-refractivity contribution in [3.05, 3.63) is 24.3 Å². The van der Waals surface area contributed by atoms with Crippen molar-refractivity contribution in [2.45, 2.75) is 30.6 Å². The maximum Gasteiger partial charge on any atom is 0.240 e. The van der Waals surface area contributed by atoms with Gasteiger partial charge in [0.05, 0.1) is 5.69 Å². The Hall–Kier alpha value is -1.40. The predicted molar refractivity (Wildman–Crippen MR) is 68.4 cm³/mol. The molecule has 1 saturated carbocycles. The summed E-state index contributed by atoms with van der Waals surface area (Å²) >= 11 is 0. The molecule has 1 fully saturated rings. The van der Waals surface area contributed by atoms with Crippen LogP contribution in [0.1, 0.15) is 25.7 Å². The smallest absolute Gasteiger partial charge is 0.240 e. The van der Waals surface area contributed by atoms with Crippen LogP contribution in [-0.4, -0.2) is 14.3 Å². The minimum absolute atomic E-state index is 0.0491. The number of nitrogens with one attached hydrogen (secondary N) is 1. The highest BCUT2D eigenvalue weighted by atomic mass is 32.2. The number of carbonyl (C=O) groups is 1. The van der Waals surface area contributed by atoms with E-state index in [0.717, 1.165) is 12.8 Å². The maximum atomic E-state index is 11.7. The number of para-hydroxylation sites is 1. The molecule has 0 bridgehead atoms.